The molecule has 0 unspecified atom stereocenters. The third-order valence-electron chi connectivity index (χ3n) is 12.1. The summed E-state index contributed by atoms with van der Waals surface area (Å²) in [6.07, 6.45) is 0. The van der Waals surface area contributed by atoms with E-state index in [-0.39, 0.29) is 0 Å². The Balaban J connectivity index is 0.977. The van der Waals surface area contributed by atoms with Crippen LogP contribution in [0.15, 0.2) is 224 Å². The molecule has 3 heteroatoms. The average molecular weight is 812 g/mol. The lowest BCUT2D eigenvalue weighted by atomic mass is 9.96. The highest BCUT2D eigenvalue weighted by Crippen LogP contribution is 2.47. The molecule has 0 aliphatic carbocycles. The van der Waals surface area contributed by atoms with Gasteiger partial charge in [0, 0.05) is 57.3 Å². The van der Waals surface area contributed by atoms with Crippen LogP contribution in [0.3, 0.4) is 0 Å². The summed E-state index contributed by atoms with van der Waals surface area (Å²) in [5, 5.41) is 7.77. The van der Waals surface area contributed by atoms with Crippen molar-refractivity contribution in [3.63, 3.8) is 0 Å². The van der Waals surface area contributed by atoms with Crippen LogP contribution >= 0.6 is 22.7 Å². The van der Waals surface area contributed by atoms with Crippen LogP contribution in [0, 0.1) is 0 Å². The third-order valence-corrected chi connectivity index (χ3v) is 14.4. The summed E-state index contributed by atoms with van der Waals surface area (Å²) >= 11 is 3.73. The Kier molecular flexibility index (Phi) is 8.62. The largest absolute Gasteiger partial charge is 0.310 e. The van der Waals surface area contributed by atoms with E-state index in [0.29, 0.717) is 0 Å². The molecule has 0 N–H and O–H groups in total. The second kappa shape index (κ2) is 14.8. The van der Waals surface area contributed by atoms with E-state index in [1.807, 2.05) is 22.7 Å². The predicted octanol–water partition coefficient (Wildman–Crippen LogP) is 17.7. The minimum atomic E-state index is 1.10. The molecule has 0 aliphatic heterocycles. The average Bonchev–Trinajstić information content (AvgIpc) is 3.90. The number of fused-ring (bicyclic) bond motifs is 7. The van der Waals surface area contributed by atoms with Crippen LogP contribution in [0.4, 0.5) is 17.1 Å². The van der Waals surface area contributed by atoms with Gasteiger partial charge in [-0.05, 0) is 110 Å². The Morgan fingerprint density at radius 3 is 1.64 bits per heavy atom. The van der Waals surface area contributed by atoms with Gasteiger partial charge in [-0.3, -0.25) is 0 Å². The molecule has 1 nitrogen and oxygen atoms in total. The molecule has 0 saturated heterocycles. The van der Waals surface area contributed by atoms with Gasteiger partial charge in [0.2, 0.25) is 0 Å². The first kappa shape index (κ1) is 35.6. The topological polar surface area (TPSA) is 3.24 Å². The lowest BCUT2D eigenvalue weighted by Gasteiger charge is -2.28. The number of rotatable bonds is 7. The van der Waals surface area contributed by atoms with Crippen LogP contribution in [0.25, 0.3) is 95.6 Å². The van der Waals surface area contributed by atoms with E-state index in [1.165, 1.54) is 95.6 Å². The Hall–Kier alpha value is -7.30. The molecule has 2 aromatic heterocycles. The van der Waals surface area contributed by atoms with Crippen molar-refractivity contribution in [2.24, 2.45) is 0 Å². The van der Waals surface area contributed by atoms with Crippen molar-refractivity contribution >= 4 is 90.9 Å². The van der Waals surface area contributed by atoms with E-state index in [9.17, 15) is 0 Å². The second-order valence-electron chi connectivity index (χ2n) is 15.7. The normalized spacial score (nSPS) is 11.6. The molecule has 0 spiro atoms. The van der Waals surface area contributed by atoms with Crippen LogP contribution in [0.5, 0.6) is 0 Å². The quantitative estimate of drug-likeness (QED) is 0.155. The van der Waals surface area contributed by atoms with Crippen LogP contribution in [0.2, 0.25) is 0 Å². The Morgan fingerprint density at radius 1 is 0.279 bits per heavy atom. The molecule has 10 aromatic carbocycles. The summed E-state index contributed by atoms with van der Waals surface area (Å²) in [6, 6.07) is 82.5. The molecule has 0 saturated carbocycles. The number of thiophene rings is 2. The number of hydrogen-bond donors (Lipinski definition) is 0. The van der Waals surface area contributed by atoms with Crippen molar-refractivity contribution in [3.05, 3.63) is 224 Å². The van der Waals surface area contributed by atoms with Gasteiger partial charge in [-0.1, -0.05) is 164 Å². The fraction of sp³-hybridized carbons (Fsp3) is 0. The first-order valence-corrected chi connectivity index (χ1v) is 22.4. The molecule has 0 atom stereocenters. The van der Waals surface area contributed by atoms with Gasteiger partial charge in [0.1, 0.15) is 0 Å². The molecule has 12 aromatic rings. The van der Waals surface area contributed by atoms with Gasteiger partial charge < -0.3 is 4.90 Å². The first-order valence-electron chi connectivity index (χ1n) is 20.7. The zero-order valence-corrected chi connectivity index (χ0v) is 34.8. The van der Waals surface area contributed by atoms with Crippen molar-refractivity contribution in [1.82, 2.24) is 0 Å². The molecule has 0 radical (unpaired) electrons. The maximum atomic E-state index is 2.44. The predicted molar refractivity (Wildman–Crippen MR) is 266 cm³/mol. The number of anilines is 3. The maximum absolute atomic E-state index is 2.44. The molecule has 0 amide bonds. The van der Waals surface area contributed by atoms with Crippen LogP contribution < -0.4 is 4.90 Å². The third kappa shape index (κ3) is 6.29. The Labute approximate surface area is 362 Å². The fourth-order valence-electron chi connectivity index (χ4n) is 9.08. The van der Waals surface area contributed by atoms with E-state index in [0.717, 1.165) is 17.1 Å². The van der Waals surface area contributed by atoms with Crippen molar-refractivity contribution < 1.29 is 0 Å². The summed E-state index contributed by atoms with van der Waals surface area (Å²) < 4.78 is 5.25. The zero-order valence-electron chi connectivity index (χ0n) is 33.1. The lowest BCUT2D eigenvalue weighted by molar-refractivity contribution is 1.28. The van der Waals surface area contributed by atoms with Crippen molar-refractivity contribution in [2.45, 2.75) is 0 Å². The highest BCUT2D eigenvalue weighted by molar-refractivity contribution is 7.26. The van der Waals surface area contributed by atoms with Gasteiger partial charge in [-0.15, -0.1) is 22.7 Å². The highest BCUT2D eigenvalue weighted by atomic mass is 32.1. The number of hydrogen-bond acceptors (Lipinski definition) is 3. The van der Waals surface area contributed by atoms with Crippen molar-refractivity contribution in [1.29, 1.82) is 0 Å². The van der Waals surface area contributed by atoms with Crippen LogP contribution in [0.1, 0.15) is 0 Å². The van der Waals surface area contributed by atoms with E-state index in [2.05, 4.69) is 229 Å². The molecule has 0 bridgehead atoms. The summed E-state index contributed by atoms with van der Waals surface area (Å²) in [5.41, 5.74) is 13.0. The van der Waals surface area contributed by atoms with Gasteiger partial charge in [-0.2, -0.15) is 0 Å². The van der Waals surface area contributed by atoms with Crippen molar-refractivity contribution in [3.8, 4) is 44.5 Å². The monoisotopic (exact) mass is 811 g/mol. The second-order valence-corrected chi connectivity index (χ2v) is 17.8. The lowest BCUT2D eigenvalue weighted by Crippen LogP contribution is -2.11. The first-order chi connectivity index (χ1) is 30.2. The smallest absolute Gasteiger partial charge is 0.0540 e. The van der Waals surface area contributed by atoms with E-state index < -0.39 is 0 Å². The van der Waals surface area contributed by atoms with E-state index in [4.69, 9.17) is 0 Å². The number of nitrogens with zero attached hydrogens (tertiary/aromatic N) is 1. The molecule has 0 aliphatic rings. The van der Waals surface area contributed by atoms with Crippen LogP contribution in [-0.4, -0.2) is 0 Å². The van der Waals surface area contributed by atoms with Gasteiger partial charge >= 0.3 is 0 Å². The standard InChI is InChI=1S/C58H37NS2/c1-2-12-42-35-44(28-27-38(42)11-1)40-25-23-39(24-26-40)43-13-9-14-47(36-43)59(46-32-29-41(30-33-46)45-31-34-50-49-16-4-7-20-54(49)61-57(50)37-45)53-19-6-3-15-48(53)51-18-10-22-56-58(51)52-17-5-8-21-55(52)60-56/h1-37H. The zero-order chi connectivity index (χ0) is 40.3. The molecule has 286 valence electrons. The van der Waals surface area contributed by atoms with Gasteiger partial charge in [0.15, 0.2) is 0 Å². The maximum Gasteiger partial charge on any atom is 0.0540 e. The highest BCUT2D eigenvalue weighted by Gasteiger charge is 2.20. The Bertz CT molecular complexity index is 3590. The van der Waals surface area contributed by atoms with Crippen LogP contribution in [-0.2, 0) is 0 Å². The van der Waals surface area contributed by atoms with E-state index in [1.54, 1.807) is 0 Å². The van der Waals surface area contributed by atoms with Gasteiger partial charge in [-0.25, -0.2) is 0 Å². The molecular formula is C58H37NS2. The fourth-order valence-corrected chi connectivity index (χ4v) is 11.4. The number of para-hydroxylation sites is 1. The summed E-state index contributed by atoms with van der Waals surface area (Å²) in [4.78, 5) is 2.44. The van der Waals surface area contributed by atoms with E-state index >= 15 is 0 Å². The molecule has 2 heterocycles. The summed E-state index contributed by atoms with van der Waals surface area (Å²) in [5.74, 6) is 0. The Morgan fingerprint density at radius 2 is 0.820 bits per heavy atom. The van der Waals surface area contributed by atoms with Gasteiger partial charge in [0.05, 0.1) is 5.69 Å². The molecule has 12 rings (SSSR count). The molecular weight excluding hydrogens is 775 g/mol. The minimum absolute atomic E-state index is 1.10. The minimum Gasteiger partial charge on any atom is -0.310 e. The number of benzene rings is 10. The molecule has 61 heavy (non-hydrogen) atoms. The van der Waals surface area contributed by atoms with Crippen molar-refractivity contribution in [2.75, 3.05) is 4.90 Å². The SMILES string of the molecule is c1cc(-c2ccc(-c3ccc4ccccc4c3)cc2)cc(N(c2ccc(-c3ccc4c(c3)sc3ccccc34)cc2)c2ccccc2-c2cccc3sc4ccccc4c23)c1. The summed E-state index contributed by atoms with van der Waals surface area (Å²) in [7, 11) is 0. The molecule has 0 fully saturated rings. The van der Waals surface area contributed by atoms with Gasteiger partial charge in [0.25, 0.3) is 0 Å². The summed E-state index contributed by atoms with van der Waals surface area (Å²) in [6.45, 7) is 0.